The molecule has 0 spiro atoms. The van der Waals surface area contributed by atoms with E-state index in [4.69, 9.17) is 4.74 Å². The number of aromatic nitrogens is 3. The van der Waals surface area contributed by atoms with Crippen LogP contribution in [0.3, 0.4) is 0 Å². The van der Waals surface area contributed by atoms with Crippen molar-refractivity contribution < 1.29 is 19.1 Å². The zero-order chi connectivity index (χ0) is 23.3. The summed E-state index contributed by atoms with van der Waals surface area (Å²) < 4.78 is 7.34. The first-order chi connectivity index (χ1) is 16.0. The largest absolute Gasteiger partial charge is 0.492 e. The molecule has 0 radical (unpaired) electrons. The topological polar surface area (TPSA) is 118 Å². The highest BCUT2D eigenvalue weighted by atomic mass is 16.5. The fraction of sp³-hybridized carbons (Fsp3) is 0.261. The van der Waals surface area contributed by atoms with Crippen molar-refractivity contribution in [3.8, 4) is 5.75 Å². The van der Waals surface area contributed by atoms with Crippen LogP contribution >= 0.6 is 0 Å². The molecule has 1 aliphatic heterocycles. The van der Waals surface area contributed by atoms with Gasteiger partial charge in [0.05, 0.1) is 6.54 Å². The van der Waals surface area contributed by atoms with Gasteiger partial charge in [-0.3, -0.25) is 14.5 Å². The molecule has 1 aliphatic rings. The first kappa shape index (κ1) is 22.0. The molecule has 1 fully saturated rings. The number of nitrogens with zero attached hydrogens (tertiary/aromatic N) is 4. The van der Waals surface area contributed by atoms with Crippen molar-refractivity contribution in [3.05, 3.63) is 72.8 Å². The molecular formula is C23H24N6O4. The van der Waals surface area contributed by atoms with E-state index in [-0.39, 0.29) is 0 Å². The van der Waals surface area contributed by atoms with E-state index >= 15 is 0 Å². The number of carbonyl (C=O) groups excluding carboxylic acids is 3. The molecule has 4 amide bonds. The van der Waals surface area contributed by atoms with Gasteiger partial charge in [-0.15, -0.1) is 0 Å². The van der Waals surface area contributed by atoms with Gasteiger partial charge in [0, 0.05) is 11.8 Å². The Bertz CT molecular complexity index is 1130. The standard InChI is InChI=1S/C23H24N6O4/c1-2-23(17-7-4-3-5-8-17)21(31)29(22(32)27-23)14-20(30)26-18-9-6-10-19(13-18)33-12-11-28-16-24-15-25-28/h3-10,13,15-16H,2,11-12,14H2,1H3,(H,26,30)(H,27,32). The molecule has 4 rings (SSSR count). The molecule has 1 unspecified atom stereocenters. The van der Waals surface area contributed by atoms with Gasteiger partial charge in [0.1, 0.15) is 37.1 Å². The minimum Gasteiger partial charge on any atom is -0.492 e. The lowest BCUT2D eigenvalue weighted by Gasteiger charge is -2.25. The van der Waals surface area contributed by atoms with Crippen molar-refractivity contribution in [2.45, 2.75) is 25.4 Å². The average Bonchev–Trinajstić information content (AvgIpc) is 3.42. The van der Waals surface area contributed by atoms with E-state index in [9.17, 15) is 14.4 Å². The number of carbonyl (C=O) groups is 3. The van der Waals surface area contributed by atoms with Gasteiger partial charge < -0.3 is 15.4 Å². The van der Waals surface area contributed by atoms with Crippen LogP contribution in [0, 0.1) is 0 Å². The molecule has 1 saturated heterocycles. The van der Waals surface area contributed by atoms with Gasteiger partial charge in [-0.25, -0.2) is 14.5 Å². The van der Waals surface area contributed by atoms with E-state index < -0.39 is 29.9 Å². The van der Waals surface area contributed by atoms with E-state index in [0.717, 1.165) is 4.90 Å². The predicted molar refractivity (Wildman–Crippen MR) is 119 cm³/mol. The maximum atomic E-state index is 13.2. The van der Waals surface area contributed by atoms with Gasteiger partial charge in [-0.05, 0) is 24.1 Å². The van der Waals surface area contributed by atoms with Crippen LogP contribution in [-0.2, 0) is 21.7 Å². The minimum absolute atomic E-state index is 0.369. The van der Waals surface area contributed by atoms with Crippen molar-refractivity contribution in [2.24, 2.45) is 0 Å². The second-order valence-electron chi connectivity index (χ2n) is 7.53. The van der Waals surface area contributed by atoms with Crippen molar-refractivity contribution in [2.75, 3.05) is 18.5 Å². The van der Waals surface area contributed by atoms with Crippen LogP contribution in [0.1, 0.15) is 18.9 Å². The first-order valence-corrected chi connectivity index (χ1v) is 10.6. The van der Waals surface area contributed by atoms with Gasteiger partial charge in [-0.2, -0.15) is 5.10 Å². The highest BCUT2D eigenvalue weighted by molar-refractivity contribution is 6.10. The van der Waals surface area contributed by atoms with Crippen LogP contribution in [0.15, 0.2) is 67.3 Å². The van der Waals surface area contributed by atoms with Crippen molar-refractivity contribution in [1.82, 2.24) is 25.0 Å². The minimum atomic E-state index is -1.17. The second-order valence-corrected chi connectivity index (χ2v) is 7.53. The summed E-state index contributed by atoms with van der Waals surface area (Å²) in [7, 11) is 0. The van der Waals surface area contributed by atoms with Gasteiger partial charge in [0.15, 0.2) is 0 Å². The maximum Gasteiger partial charge on any atom is 0.325 e. The van der Waals surface area contributed by atoms with Gasteiger partial charge >= 0.3 is 6.03 Å². The molecule has 0 aliphatic carbocycles. The molecule has 2 aromatic carbocycles. The van der Waals surface area contributed by atoms with Crippen molar-refractivity contribution >= 4 is 23.5 Å². The molecular weight excluding hydrogens is 424 g/mol. The number of anilines is 1. The van der Waals surface area contributed by atoms with E-state index in [1.165, 1.54) is 6.33 Å². The fourth-order valence-corrected chi connectivity index (χ4v) is 3.74. The summed E-state index contributed by atoms with van der Waals surface area (Å²) in [5, 5.41) is 9.50. The lowest BCUT2D eigenvalue weighted by molar-refractivity contribution is -0.134. The average molecular weight is 448 g/mol. The number of imide groups is 1. The number of urea groups is 1. The molecule has 33 heavy (non-hydrogen) atoms. The molecule has 170 valence electrons. The number of amides is 4. The summed E-state index contributed by atoms with van der Waals surface area (Å²) >= 11 is 0. The smallest absolute Gasteiger partial charge is 0.325 e. The quantitative estimate of drug-likeness (QED) is 0.484. The summed E-state index contributed by atoms with van der Waals surface area (Å²) in [6, 6.07) is 15.3. The number of rotatable bonds is 9. The summed E-state index contributed by atoms with van der Waals surface area (Å²) in [6.45, 7) is 2.34. The molecule has 10 heteroatoms. The van der Waals surface area contributed by atoms with Crippen LogP contribution in [0.2, 0.25) is 0 Å². The van der Waals surface area contributed by atoms with E-state index in [1.807, 2.05) is 25.1 Å². The summed E-state index contributed by atoms with van der Waals surface area (Å²) in [5.41, 5.74) is 0.0100. The monoisotopic (exact) mass is 448 g/mol. The zero-order valence-corrected chi connectivity index (χ0v) is 18.1. The Hall–Kier alpha value is -4.21. The number of benzene rings is 2. The van der Waals surface area contributed by atoms with Crippen LogP contribution < -0.4 is 15.4 Å². The maximum absolute atomic E-state index is 13.2. The Balaban J connectivity index is 1.37. The summed E-state index contributed by atoms with van der Waals surface area (Å²) in [6.07, 6.45) is 3.42. The molecule has 2 N–H and O–H groups in total. The lowest BCUT2D eigenvalue weighted by atomic mass is 9.87. The molecule has 1 atom stereocenters. The lowest BCUT2D eigenvalue weighted by Crippen LogP contribution is -2.44. The normalized spacial score (nSPS) is 17.7. The summed E-state index contributed by atoms with van der Waals surface area (Å²) in [4.78, 5) is 43.2. The van der Waals surface area contributed by atoms with E-state index in [0.29, 0.717) is 36.6 Å². The Kier molecular flexibility index (Phi) is 6.34. The number of hydrogen-bond donors (Lipinski definition) is 2. The Morgan fingerprint density at radius 2 is 1.97 bits per heavy atom. The Morgan fingerprint density at radius 3 is 2.70 bits per heavy atom. The van der Waals surface area contributed by atoms with Crippen LogP contribution in [-0.4, -0.2) is 50.7 Å². The molecule has 3 aromatic rings. The van der Waals surface area contributed by atoms with Gasteiger partial charge in [-0.1, -0.05) is 43.3 Å². The van der Waals surface area contributed by atoms with Gasteiger partial charge in [0.25, 0.3) is 5.91 Å². The summed E-state index contributed by atoms with van der Waals surface area (Å²) in [5.74, 6) is -0.364. The molecule has 10 nitrogen and oxygen atoms in total. The van der Waals surface area contributed by atoms with Crippen LogP contribution in [0.5, 0.6) is 5.75 Å². The molecule has 0 saturated carbocycles. The highest BCUT2D eigenvalue weighted by Crippen LogP contribution is 2.32. The Morgan fingerprint density at radius 1 is 1.15 bits per heavy atom. The fourth-order valence-electron chi connectivity index (χ4n) is 3.74. The molecule has 2 heterocycles. The second kappa shape index (κ2) is 9.51. The third kappa shape index (κ3) is 4.69. The first-order valence-electron chi connectivity index (χ1n) is 10.6. The third-order valence-corrected chi connectivity index (χ3v) is 5.45. The van der Waals surface area contributed by atoms with Crippen LogP contribution in [0.25, 0.3) is 0 Å². The third-order valence-electron chi connectivity index (χ3n) is 5.45. The molecule has 1 aromatic heterocycles. The number of nitrogens with one attached hydrogen (secondary N) is 2. The zero-order valence-electron chi connectivity index (χ0n) is 18.1. The predicted octanol–water partition coefficient (Wildman–Crippen LogP) is 2.15. The SMILES string of the molecule is CCC1(c2ccccc2)NC(=O)N(CC(=O)Nc2cccc(OCCn3cncn3)c2)C1=O. The van der Waals surface area contributed by atoms with Crippen LogP contribution in [0.4, 0.5) is 10.5 Å². The van der Waals surface area contributed by atoms with E-state index in [1.54, 1.807) is 47.4 Å². The van der Waals surface area contributed by atoms with Crippen molar-refractivity contribution in [1.29, 1.82) is 0 Å². The number of hydrogen-bond acceptors (Lipinski definition) is 6. The highest BCUT2D eigenvalue weighted by Gasteiger charge is 2.51. The van der Waals surface area contributed by atoms with E-state index in [2.05, 4.69) is 20.7 Å². The number of ether oxygens (including phenoxy) is 1. The Labute approximate surface area is 190 Å². The van der Waals surface area contributed by atoms with Gasteiger partial charge in [0.2, 0.25) is 5.91 Å². The van der Waals surface area contributed by atoms with Crippen molar-refractivity contribution in [3.63, 3.8) is 0 Å². The molecule has 0 bridgehead atoms.